The number of nitro groups is 1. The van der Waals surface area contributed by atoms with Gasteiger partial charge in [-0.05, 0) is 18.2 Å². The molecule has 102 valence electrons. The molecule has 0 aliphatic rings. The van der Waals surface area contributed by atoms with Gasteiger partial charge in [-0.3, -0.25) is 15.1 Å². The molecule has 0 radical (unpaired) electrons. The van der Waals surface area contributed by atoms with Crippen molar-refractivity contribution in [2.45, 2.75) is 0 Å². The van der Waals surface area contributed by atoms with Crippen molar-refractivity contribution >= 4 is 52.4 Å². The van der Waals surface area contributed by atoms with Crippen LogP contribution in [0, 0.1) is 10.1 Å². The minimum absolute atomic E-state index is 0.0348. The molecule has 20 heavy (non-hydrogen) atoms. The van der Waals surface area contributed by atoms with Crippen molar-refractivity contribution in [2.24, 2.45) is 4.99 Å². The van der Waals surface area contributed by atoms with Crippen LogP contribution in [0.3, 0.4) is 0 Å². The fourth-order valence-corrected chi connectivity index (χ4v) is 2.10. The molecule has 0 atom stereocenters. The van der Waals surface area contributed by atoms with Gasteiger partial charge in [0.15, 0.2) is 0 Å². The van der Waals surface area contributed by atoms with E-state index in [0.29, 0.717) is 26.3 Å². The second-order valence-electron chi connectivity index (χ2n) is 3.79. The molecule has 0 saturated heterocycles. The van der Waals surface area contributed by atoms with E-state index in [4.69, 9.17) is 34.8 Å². The molecule has 0 unspecified atom stereocenters. The smallest absolute Gasteiger partial charge is 0.258 e. The van der Waals surface area contributed by atoms with Gasteiger partial charge in [0.05, 0.1) is 31.2 Å². The van der Waals surface area contributed by atoms with Crippen LogP contribution in [0.25, 0.3) is 0 Å². The Morgan fingerprint density at radius 2 is 1.70 bits per heavy atom. The van der Waals surface area contributed by atoms with E-state index < -0.39 is 4.92 Å². The topological polar surface area (TPSA) is 55.5 Å². The highest BCUT2D eigenvalue weighted by molar-refractivity contribution is 6.43. The number of benzene rings is 2. The molecule has 2 aromatic rings. The molecule has 0 N–H and O–H groups in total. The molecule has 0 aliphatic carbocycles. The van der Waals surface area contributed by atoms with Crippen LogP contribution in [0.5, 0.6) is 0 Å². The Hall–Kier alpha value is -1.62. The zero-order chi connectivity index (χ0) is 14.7. The lowest BCUT2D eigenvalue weighted by Gasteiger charge is -2.01. The van der Waals surface area contributed by atoms with Gasteiger partial charge in [0.25, 0.3) is 5.69 Å². The van der Waals surface area contributed by atoms with Gasteiger partial charge in [0.2, 0.25) is 0 Å². The maximum Gasteiger partial charge on any atom is 0.278 e. The lowest BCUT2D eigenvalue weighted by atomic mass is 10.2. The Morgan fingerprint density at radius 3 is 2.40 bits per heavy atom. The van der Waals surface area contributed by atoms with E-state index in [9.17, 15) is 10.1 Å². The first-order valence-corrected chi connectivity index (χ1v) is 6.54. The molecular weight excluding hydrogens is 323 g/mol. The van der Waals surface area contributed by atoms with Gasteiger partial charge in [-0.15, -0.1) is 0 Å². The second-order valence-corrected chi connectivity index (χ2v) is 5.01. The van der Waals surface area contributed by atoms with Crippen LogP contribution in [0.4, 0.5) is 11.4 Å². The third-order valence-electron chi connectivity index (χ3n) is 2.47. The summed E-state index contributed by atoms with van der Waals surface area (Å²) in [6.07, 6.45) is 1.36. The molecule has 2 aromatic carbocycles. The van der Waals surface area contributed by atoms with Gasteiger partial charge in [0, 0.05) is 12.3 Å². The number of rotatable bonds is 3. The van der Waals surface area contributed by atoms with Gasteiger partial charge >= 0.3 is 0 Å². The van der Waals surface area contributed by atoms with Gasteiger partial charge in [0.1, 0.15) is 0 Å². The van der Waals surface area contributed by atoms with Crippen molar-refractivity contribution in [3.63, 3.8) is 0 Å². The Labute approximate surface area is 129 Å². The molecule has 7 heteroatoms. The number of para-hydroxylation sites is 1. The first-order chi connectivity index (χ1) is 9.49. The monoisotopic (exact) mass is 328 g/mol. The highest BCUT2D eigenvalue weighted by Gasteiger charge is 2.10. The largest absolute Gasteiger partial charge is 0.278 e. The summed E-state index contributed by atoms with van der Waals surface area (Å²) in [5.41, 5.74) is 0.728. The summed E-state index contributed by atoms with van der Waals surface area (Å²) in [4.78, 5) is 14.5. The maximum absolute atomic E-state index is 10.9. The highest BCUT2D eigenvalue weighted by atomic mass is 35.5. The van der Waals surface area contributed by atoms with Gasteiger partial charge in [-0.25, -0.2) is 0 Å². The van der Waals surface area contributed by atoms with Crippen molar-refractivity contribution < 1.29 is 4.92 Å². The molecule has 0 aliphatic heterocycles. The molecule has 0 fully saturated rings. The molecule has 0 bridgehead atoms. The summed E-state index contributed by atoms with van der Waals surface area (Å²) < 4.78 is 0. The fraction of sp³-hybridized carbons (Fsp3) is 0. The Kier molecular flexibility index (Phi) is 4.60. The Morgan fingerprint density at radius 1 is 1.05 bits per heavy atom. The molecular formula is C13H7Cl3N2O2. The van der Waals surface area contributed by atoms with Crippen molar-refractivity contribution in [1.29, 1.82) is 0 Å². The van der Waals surface area contributed by atoms with E-state index in [1.54, 1.807) is 18.2 Å². The summed E-state index contributed by atoms with van der Waals surface area (Å²) in [6, 6.07) is 9.23. The normalized spacial score (nSPS) is 10.9. The second kappa shape index (κ2) is 6.22. The van der Waals surface area contributed by atoms with Crippen LogP contribution in [0.2, 0.25) is 15.1 Å². The van der Waals surface area contributed by atoms with Crippen molar-refractivity contribution in [1.82, 2.24) is 0 Å². The number of nitro benzene ring substituents is 1. The Bertz CT molecular complexity index is 702. The number of hydrogen-bond acceptors (Lipinski definition) is 3. The minimum Gasteiger partial charge on any atom is -0.258 e. The molecule has 2 rings (SSSR count). The number of aliphatic imine (C=N–C) groups is 1. The quantitative estimate of drug-likeness (QED) is 0.332. The zero-order valence-electron chi connectivity index (χ0n) is 9.89. The molecule has 0 saturated carbocycles. The number of hydrogen-bond donors (Lipinski definition) is 0. The van der Waals surface area contributed by atoms with Gasteiger partial charge in [-0.1, -0.05) is 46.9 Å². The van der Waals surface area contributed by atoms with Crippen LogP contribution < -0.4 is 0 Å². The lowest BCUT2D eigenvalue weighted by Crippen LogP contribution is -1.93. The van der Waals surface area contributed by atoms with Gasteiger partial charge < -0.3 is 0 Å². The minimum atomic E-state index is -0.474. The zero-order valence-corrected chi connectivity index (χ0v) is 12.2. The van der Waals surface area contributed by atoms with Crippen molar-refractivity contribution in [3.8, 4) is 0 Å². The van der Waals surface area contributed by atoms with E-state index in [1.165, 1.54) is 24.4 Å². The van der Waals surface area contributed by atoms with E-state index in [-0.39, 0.29) is 5.69 Å². The van der Waals surface area contributed by atoms with Crippen LogP contribution >= 0.6 is 34.8 Å². The Balaban J connectivity index is 2.40. The molecule has 4 nitrogen and oxygen atoms in total. The molecule has 0 heterocycles. The summed E-state index contributed by atoms with van der Waals surface area (Å²) in [7, 11) is 0. The summed E-state index contributed by atoms with van der Waals surface area (Å²) in [6.45, 7) is 0. The third-order valence-corrected chi connectivity index (χ3v) is 3.49. The number of halogens is 3. The SMILES string of the molecule is O=[N+]([O-])c1ccccc1C=Nc1cc(Cl)c(Cl)cc1Cl. The highest BCUT2D eigenvalue weighted by Crippen LogP contribution is 2.34. The maximum atomic E-state index is 10.9. The number of nitrogens with zero attached hydrogens (tertiary/aromatic N) is 2. The third kappa shape index (κ3) is 3.28. The van der Waals surface area contributed by atoms with E-state index >= 15 is 0 Å². The first kappa shape index (κ1) is 14.8. The van der Waals surface area contributed by atoms with E-state index in [1.807, 2.05) is 0 Å². The summed E-state index contributed by atoms with van der Waals surface area (Å²) in [5.74, 6) is 0. The van der Waals surface area contributed by atoms with Gasteiger partial charge in [-0.2, -0.15) is 0 Å². The summed E-state index contributed by atoms with van der Waals surface area (Å²) >= 11 is 17.7. The lowest BCUT2D eigenvalue weighted by molar-refractivity contribution is -0.385. The van der Waals surface area contributed by atoms with E-state index in [2.05, 4.69) is 4.99 Å². The summed E-state index contributed by atoms with van der Waals surface area (Å²) in [5, 5.41) is 11.8. The fourth-order valence-electron chi connectivity index (χ4n) is 1.51. The van der Waals surface area contributed by atoms with Crippen LogP contribution in [0.15, 0.2) is 41.4 Å². The average Bonchev–Trinajstić information content (AvgIpc) is 2.41. The molecule has 0 aromatic heterocycles. The van der Waals surface area contributed by atoms with Crippen LogP contribution in [-0.2, 0) is 0 Å². The van der Waals surface area contributed by atoms with E-state index in [0.717, 1.165) is 0 Å². The molecule has 0 spiro atoms. The predicted octanol–water partition coefficient (Wildman–Crippen LogP) is 5.31. The molecule has 0 amide bonds. The predicted molar refractivity (Wildman–Crippen MR) is 81.8 cm³/mol. The van der Waals surface area contributed by atoms with Crippen molar-refractivity contribution in [2.75, 3.05) is 0 Å². The first-order valence-electron chi connectivity index (χ1n) is 5.41. The van der Waals surface area contributed by atoms with Crippen molar-refractivity contribution in [3.05, 3.63) is 67.1 Å². The van der Waals surface area contributed by atoms with Crippen LogP contribution in [0.1, 0.15) is 5.56 Å². The average molecular weight is 330 g/mol. The standard InChI is InChI=1S/C13H7Cl3N2O2/c14-9-5-11(16)12(6-10(9)15)17-7-8-3-1-2-4-13(8)18(19)20/h1-7H. The van der Waals surface area contributed by atoms with Crippen LogP contribution in [-0.4, -0.2) is 11.1 Å².